The number of pyridine rings is 1. The first-order valence-electron chi connectivity index (χ1n) is 5.95. The molecule has 1 aromatic rings. The van der Waals surface area contributed by atoms with E-state index >= 15 is 0 Å². The van der Waals surface area contributed by atoms with Gasteiger partial charge in [-0.15, -0.1) is 0 Å². The van der Waals surface area contributed by atoms with Crippen molar-refractivity contribution in [3.63, 3.8) is 0 Å². The van der Waals surface area contributed by atoms with Gasteiger partial charge in [-0.05, 0) is 6.07 Å². The molecule has 7 heteroatoms. The van der Waals surface area contributed by atoms with Gasteiger partial charge < -0.3 is 10.6 Å². The van der Waals surface area contributed by atoms with E-state index in [0.717, 1.165) is 6.07 Å². The second-order valence-electron chi connectivity index (χ2n) is 4.41. The highest BCUT2D eigenvalue weighted by Gasteiger charge is 2.33. The van der Waals surface area contributed by atoms with Crippen LogP contribution < -0.4 is 10.6 Å². The molecular weight excluding hydrogens is 259 g/mol. The van der Waals surface area contributed by atoms with Gasteiger partial charge in [-0.3, -0.25) is 4.79 Å². The Morgan fingerprint density at radius 3 is 2.42 bits per heavy atom. The van der Waals surface area contributed by atoms with Crippen LogP contribution >= 0.6 is 0 Å². The van der Waals surface area contributed by atoms with Gasteiger partial charge in [0.15, 0.2) is 0 Å². The molecule has 0 radical (unpaired) electrons. The predicted octanol–water partition coefficient (Wildman–Crippen LogP) is 1.73. The molecule has 0 aromatic carbocycles. The van der Waals surface area contributed by atoms with Crippen molar-refractivity contribution in [3.05, 3.63) is 23.4 Å². The largest absolute Gasteiger partial charge is 0.433 e. The standard InChI is InChI=1S/C12H14F3N3O/c13-12(14,15)10-2-1-8(7-16)11(17-10)18-5-3-9(19)4-6-18/h1-2H,3-7,16H2. The molecule has 1 saturated heterocycles. The average molecular weight is 273 g/mol. The van der Waals surface area contributed by atoms with E-state index in [0.29, 0.717) is 31.5 Å². The molecule has 19 heavy (non-hydrogen) atoms. The van der Waals surface area contributed by atoms with Crippen LogP contribution in [-0.4, -0.2) is 23.9 Å². The maximum atomic E-state index is 12.7. The van der Waals surface area contributed by atoms with E-state index in [1.165, 1.54) is 6.07 Å². The second-order valence-corrected chi connectivity index (χ2v) is 4.41. The average Bonchev–Trinajstić information content (AvgIpc) is 2.38. The van der Waals surface area contributed by atoms with Crippen LogP contribution in [0.3, 0.4) is 0 Å². The Balaban J connectivity index is 2.33. The van der Waals surface area contributed by atoms with Crippen LogP contribution in [-0.2, 0) is 17.5 Å². The minimum absolute atomic E-state index is 0.116. The van der Waals surface area contributed by atoms with Crippen LogP contribution in [0.1, 0.15) is 24.1 Å². The van der Waals surface area contributed by atoms with Crippen molar-refractivity contribution in [1.29, 1.82) is 0 Å². The minimum atomic E-state index is -4.48. The Labute approximate surface area is 108 Å². The highest BCUT2D eigenvalue weighted by atomic mass is 19.4. The summed E-state index contributed by atoms with van der Waals surface area (Å²) in [6.45, 7) is 0.894. The molecule has 1 aromatic heterocycles. The third kappa shape index (κ3) is 3.04. The molecule has 0 spiro atoms. The number of nitrogens with zero attached hydrogens (tertiary/aromatic N) is 2. The maximum Gasteiger partial charge on any atom is 0.433 e. The maximum absolute atomic E-state index is 12.7. The van der Waals surface area contributed by atoms with Crippen molar-refractivity contribution < 1.29 is 18.0 Å². The second kappa shape index (κ2) is 5.16. The van der Waals surface area contributed by atoms with Gasteiger partial charge in [0, 0.05) is 38.0 Å². The number of carbonyl (C=O) groups excluding carboxylic acids is 1. The first kappa shape index (κ1) is 13.8. The number of ketones is 1. The van der Waals surface area contributed by atoms with Crippen molar-refractivity contribution in [3.8, 4) is 0 Å². The zero-order valence-corrected chi connectivity index (χ0v) is 10.2. The highest BCUT2D eigenvalue weighted by molar-refractivity contribution is 5.81. The summed E-state index contributed by atoms with van der Waals surface area (Å²) in [5.74, 6) is 0.363. The number of carbonyl (C=O) groups is 1. The number of alkyl halides is 3. The van der Waals surface area contributed by atoms with Crippen molar-refractivity contribution in [2.24, 2.45) is 5.73 Å². The third-order valence-corrected chi connectivity index (χ3v) is 3.09. The molecule has 0 unspecified atom stereocenters. The van der Waals surface area contributed by atoms with Crippen molar-refractivity contribution in [2.75, 3.05) is 18.0 Å². The molecule has 2 heterocycles. The van der Waals surface area contributed by atoms with Gasteiger partial charge >= 0.3 is 6.18 Å². The molecule has 0 amide bonds. The van der Waals surface area contributed by atoms with Crippen molar-refractivity contribution >= 4 is 11.6 Å². The summed E-state index contributed by atoms with van der Waals surface area (Å²) >= 11 is 0. The molecule has 104 valence electrons. The summed E-state index contributed by atoms with van der Waals surface area (Å²) in [7, 11) is 0. The fourth-order valence-electron chi connectivity index (χ4n) is 2.04. The van der Waals surface area contributed by atoms with E-state index in [4.69, 9.17) is 5.73 Å². The number of aromatic nitrogens is 1. The lowest BCUT2D eigenvalue weighted by molar-refractivity contribution is -0.141. The summed E-state index contributed by atoms with van der Waals surface area (Å²) in [6.07, 6.45) is -3.81. The Hall–Kier alpha value is -1.63. The van der Waals surface area contributed by atoms with E-state index in [-0.39, 0.29) is 18.1 Å². The number of hydrogen-bond donors (Lipinski definition) is 1. The SMILES string of the molecule is NCc1ccc(C(F)(F)F)nc1N1CCC(=O)CC1. The fraction of sp³-hybridized carbons (Fsp3) is 0.500. The Morgan fingerprint density at radius 2 is 1.89 bits per heavy atom. The molecule has 1 fully saturated rings. The summed E-state index contributed by atoms with van der Waals surface area (Å²) < 4.78 is 38.0. The summed E-state index contributed by atoms with van der Waals surface area (Å²) in [4.78, 5) is 16.5. The van der Waals surface area contributed by atoms with Crippen LogP contribution in [0.2, 0.25) is 0 Å². The Morgan fingerprint density at radius 1 is 1.26 bits per heavy atom. The van der Waals surface area contributed by atoms with Crippen LogP contribution in [0.5, 0.6) is 0 Å². The molecular formula is C12H14F3N3O. The molecule has 1 aliphatic rings. The fourth-order valence-corrected chi connectivity index (χ4v) is 2.04. The predicted molar refractivity (Wildman–Crippen MR) is 63.6 cm³/mol. The lowest BCUT2D eigenvalue weighted by Crippen LogP contribution is -2.35. The normalized spacial score (nSPS) is 16.8. The van der Waals surface area contributed by atoms with Gasteiger partial charge in [0.1, 0.15) is 17.3 Å². The topological polar surface area (TPSA) is 59.2 Å². The number of rotatable bonds is 2. The smallest absolute Gasteiger partial charge is 0.355 e. The summed E-state index contributed by atoms with van der Waals surface area (Å²) in [6, 6.07) is 2.28. The monoisotopic (exact) mass is 273 g/mol. The lowest BCUT2D eigenvalue weighted by atomic mass is 10.1. The minimum Gasteiger partial charge on any atom is -0.355 e. The van der Waals surface area contributed by atoms with Crippen LogP contribution in [0, 0.1) is 0 Å². The van der Waals surface area contributed by atoms with Gasteiger partial charge in [-0.2, -0.15) is 13.2 Å². The molecule has 0 bridgehead atoms. The summed E-state index contributed by atoms with van der Waals surface area (Å²) in [5, 5.41) is 0. The molecule has 2 N–H and O–H groups in total. The quantitative estimate of drug-likeness (QED) is 0.891. The van der Waals surface area contributed by atoms with Gasteiger partial charge in [0.25, 0.3) is 0 Å². The van der Waals surface area contributed by atoms with E-state index in [1.54, 1.807) is 4.90 Å². The van der Waals surface area contributed by atoms with E-state index < -0.39 is 11.9 Å². The van der Waals surface area contributed by atoms with Crippen LogP contribution in [0.25, 0.3) is 0 Å². The molecule has 0 saturated carbocycles. The van der Waals surface area contributed by atoms with Crippen LogP contribution in [0.15, 0.2) is 12.1 Å². The number of nitrogens with two attached hydrogens (primary N) is 1. The molecule has 2 rings (SSSR count). The Kier molecular flexibility index (Phi) is 3.75. The number of anilines is 1. The Bertz CT molecular complexity index is 478. The number of Topliss-reactive ketones (excluding diaryl/α,β-unsaturated/α-hetero) is 1. The van der Waals surface area contributed by atoms with Gasteiger partial charge in [-0.1, -0.05) is 6.07 Å². The molecule has 0 atom stereocenters. The molecule has 1 aliphatic heterocycles. The van der Waals surface area contributed by atoms with E-state index in [2.05, 4.69) is 4.98 Å². The van der Waals surface area contributed by atoms with Gasteiger partial charge in [-0.25, -0.2) is 4.98 Å². The first-order chi connectivity index (χ1) is 8.91. The third-order valence-electron chi connectivity index (χ3n) is 3.09. The summed E-state index contributed by atoms with van der Waals surface area (Å²) in [5.41, 5.74) is 5.15. The van der Waals surface area contributed by atoms with Crippen molar-refractivity contribution in [1.82, 2.24) is 4.98 Å². The van der Waals surface area contributed by atoms with Gasteiger partial charge in [0.2, 0.25) is 0 Å². The lowest BCUT2D eigenvalue weighted by Gasteiger charge is -2.29. The van der Waals surface area contributed by atoms with Gasteiger partial charge in [0.05, 0.1) is 0 Å². The van der Waals surface area contributed by atoms with Crippen molar-refractivity contribution in [2.45, 2.75) is 25.6 Å². The number of hydrogen-bond acceptors (Lipinski definition) is 4. The first-order valence-corrected chi connectivity index (χ1v) is 5.95. The zero-order chi connectivity index (χ0) is 14.0. The number of halogens is 3. The highest BCUT2D eigenvalue weighted by Crippen LogP contribution is 2.31. The number of piperidine rings is 1. The zero-order valence-electron chi connectivity index (χ0n) is 10.2. The van der Waals surface area contributed by atoms with E-state index in [9.17, 15) is 18.0 Å². The molecule has 4 nitrogen and oxygen atoms in total. The van der Waals surface area contributed by atoms with E-state index in [1.807, 2.05) is 0 Å². The van der Waals surface area contributed by atoms with Crippen LogP contribution in [0.4, 0.5) is 19.0 Å². The molecule has 0 aliphatic carbocycles.